The second-order valence-corrected chi connectivity index (χ2v) is 5.90. The van der Waals surface area contributed by atoms with Gasteiger partial charge in [0, 0.05) is 32.9 Å². The lowest BCUT2D eigenvalue weighted by atomic mass is 10.3. The van der Waals surface area contributed by atoms with Crippen LogP contribution >= 0.6 is 0 Å². The molecule has 7 nitrogen and oxygen atoms in total. The third-order valence-electron chi connectivity index (χ3n) is 3.50. The largest absolute Gasteiger partial charge is 0.439 e. The fraction of sp³-hybridized carbons (Fsp3) is 0.316. The van der Waals surface area contributed by atoms with Gasteiger partial charge in [-0.1, -0.05) is 6.07 Å². The number of benzene rings is 1. The summed E-state index contributed by atoms with van der Waals surface area (Å²) in [5.74, 6) is 1.12. The van der Waals surface area contributed by atoms with E-state index in [1.165, 1.54) is 17.0 Å². The lowest BCUT2D eigenvalue weighted by Gasteiger charge is -2.14. The number of rotatable bonds is 7. The van der Waals surface area contributed by atoms with Crippen LogP contribution in [0.5, 0.6) is 11.6 Å². The van der Waals surface area contributed by atoms with E-state index in [4.69, 9.17) is 4.74 Å². The molecule has 27 heavy (non-hydrogen) atoms. The van der Waals surface area contributed by atoms with E-state index in [1.54, 1.807) is 38.5 Å². The number of ether oxygens (including phenoxy) is 1. The maximum atomic E-state index is 12.9. The Balaban J connectivity index is 1.93. The van der Waals surface area contributed by atoms with Crippen molar-refractivity contribution in [2.24, 2.45) is 4.99 Å². The Morgan fingerprint density at radius 3 is 2.52 bits per heavy atom. The SMILES string of the molecule is CCNC(=NCc1ccc(Oc2ccc(F)cc2)nc1)NCC(=O)N(C)C. The number of halogens is 1. The fourth-order valence-electron chi connectivity index (χ4n) is 2.02. The van der Waals surface area contributed by atoms with Gasteiger partial charge >= 0.3 is 0 Å². The summed E-state index contributed by atoms with van der Waals surface area (Å²) in [6.45, 7) is 3.20. The molecule has 0 aliphatic carbocycles. The maximum absolute atomic E-state index is 12.9. The van der Waals surface area contributed by atoms with Crippen molar-refractivity contribution < 1.29 is 13.9 Å². The molecule has 1 aromatic carbocycles. The normalized spacial score (nSPS) is 11.0. The zero-order chi connectivity index (χ0) is 19.6. The molecule has 2 N–H and O–H groups in total. The lowest BCUT2D eigenvalue weighted by Crippen LogP contribution is -2.42. The van der Waals surface area contributed by atoms with Gasteiger partial charge in [-0.2, -0.15) is 0 Å². The van der Waals surface area contributed by atoms with Crippen LogP contribution in [0.3, 0.4) is 0 Å². The first kappa shape index (κ1) is 20.2. The summed E-state index contributed by atoms with van der Waals surface area (Å²) in [6, 6.07) is 9.31. The van der Waals surface area contributed by atoms with Crippen molar-refractivity contribution in [1.82, 2.24) is 20.5 Å². The van der Waals surface area contributed by atoms with E-state index in [0.29, 0.717) is 30.7 Å². The summed E-state index contributed by atoms with van der Waals surface area (Å²) < 4.78 is 18.5. The average molecular weight is 373 g/mol. The molecule has 0 spiro atoms. The molecule has 0 bridgehead atoms. The Hall–Kier alpha value is -3.16. The highest BCUT2D eigenvalue weighted by atomic mass is 19.1. The second-order valence-electron chi connectivity index (χ2n) is 5.90. The molecular weight excluding hydrogens is 349 g/mol. The van der Waals surface area contributed by atoms with Crippen LogP contribution in [-0.2, 0) is 11.3 Å². The quantitative estimate of drug-likeness (QED) is 0.574. The van der Waals surface area contributed by atoms with Gasteiger partial charge < -0.3 is 20.3 Å². The molecule has 8 heteroatoms. The summed E-state index contributed by atoms with van der Waals surface area (Å²) in [5, 5.41) is 6.08. The number of carbonyl (C=O) groups is 1. The van der Waals surface area contributed by atoms with Crippen molar-refractivity contribution >= 4 is 11.9 Å². The molecule has 1 heterocycles. The number of hydrogen-bond donors (Lipinski definition) is 2. The first-order valence-electron chi connectivity index (χ1n) is 8.58. The van der Waals surface area contributed by atoms with Crippen LogP contribution in [0, 0.1) is 5.82 Å². The lowest BCUT2D eigenvalue weighted by molar-refractivity contribution is -0.127. The number of aliphatic imine (C=N–C) groups is 1. The van der Waals surface area contributed by atoms with Crippen molar-refractivity contribution in [3.63, 3.8) is 0 Å². The molecule has 1 aromatic heterocycles. The van der Waals surface area contributed by atoms with Crippen LogP contribution in [0.1, 0.15) is 12.5 Å². The molecule has 0 saturated heterocycles. The molecule has 0 aliphatic rings. The molecule has 0 aliphatic heterocycles. The summed E-state index contributed by atoms with van der Waals surface area (Å²) in [4.78, 5) is 21.9. The molecule has 1 amide bonds. The van der Waals surface area contributed by atoms with Gasteiger partial charge in [0.25, 0.3) is 0 Å². The highest BCUT2D eigenvalue weighted by Gasteiger charge is 2.05. The van der Waals surface area contributed by atoms with Crippen molar-refractivity contribution in [3.05, 3.63) is 54.0 Å². The standard InChI is InChI=1S/C19H24FN5O2/c1-4-21-19(24-13-18(26)25(2)3)23-12-14-5-10-17(22-11-14)27-16-8-6-15(20)7-9-16/h5-11H,4,12-13H2,1-3H3,(H2,21,23,24). The van der Waals surface area contributed by atoms with Gasteiger partial charge in [-0.15, -0.1) is 0 Å². The molecule has 0 radical (unpaired) electrons. The number of aromatic nitrogens is 1. The zero-order valence-corrected chi connectivity index (χ0v) is 15.7. The number of likely N-dealkylation sites (N-methyl/N-ethyl adjacent to an activating group) is 1. The number of nitrogens with one attached hydrogen (secondary N) is 2. The predicted molar refractivity (Wildman–Crippen MR) is 102 cm³/mol. The molecule has 0 unspecified atom stereocenters. The Bertz CT molecular complexity index is 761. The average Bonchev–Trinajstić information content (AvgIpc) is 2.66. The minimum atomic E-state index is -0.319. The number of guanidine groups is 1. The third-order valence-corrected chi connectivity index (χ3v) is 3.50. The maximum Gasteiger partial charge on any atom is 0.241 e. The topological polar surface area (TPSA) is 78.9 Å². The molecule has 2 rings (SSSR count). The van der Waals surface area contributed by atoms with Crippen LogP contribution in [0.15, 0.2) is 47.6 Å². The minimum Gasteiger partial charge on any atom is -0.439 e. The van der Waals surface area contributed by atoms with Crippen LogP contribution in [0.25, 0.3) is 0 Å². The number of amides is 1. The van der Waals surface area contributed by atoms with E-state index in [2.05, 4.69) is 20.6 Å². The molecule has 0 fully saturated rings. The highest BCUT2D eigenvalue weighted by Crippen LogP contribution is 2.19. The van der Waals surface area contributed by atoms with Crippen LogP contribution in [-0.4, -0.2) is 48.9 Å². The summed E-state index contributed by atoms with van der Waals surface area (Å²) in [7, 11) is 3.41. The summed E-state index contributed by atoms with van der Waals surface area (Å²) >= 11 is 0. The number of hydrogen-bond acceptors (Lipinski definition) is 4. The van der Waals surface area contributed by atoms with Crippen molar-refractivity contribution in [2.75, 3.05) is 27.2 Å². The van der Waals surface area contributed by atoms with Gasteiger partial charge in [0.1, 0.15) is 11.6 Å². The van der Waals surface area contributed by atoms with Crippen LogP contribution in [0.2, 0.25) is 0 Å². The highest BCUT2D eigenvalue weighted by molar-refractivity contribution is 5.86. The van der Waals surface area contributed by atoms with E-state index in [1.807, 2.05) is 13.0 Å². The third kappa shape index (κ3) is 6.93. The monoisotopic (exact) mass is 373 g/mol. The first-order valence-corrected chi connectivity index (χ1v) is 8.58. The summed E-state index contributed by atoms with van der Waals surface area (Å²) in [6.07, 6.45) is 1.66. The Labute approximate surface area is 158 Å². The second kappa shape index (κ2) is 10.1. The Morgan fingerprint density at radius 1 is 1.19 bits per heavy atom. The predicted octanol–water partition coefficient (Wildman–Crippen LogP) is 2.16. The van der Waals surface area contributed by atoms with E-state index < -0.39 is 0 Å². The molecule has 2 aromatic rings. The number of nitrogens with zero attached hydrogens (tertiary/aromatic N) is 3. The van der Waals surface area contributed by atoms with E-state index >= 15 is 0 Å². The van der Waals surface area contributed by atoms with Gasteiger partial charge in [0.2, 0.25) is 11.8 Å². The number of carbonyl (C=O) groups excluding carboxylic acids is 1. The molecule has 0 atom stereocenters. The Kier molecular flexibility index (Phi) is 7.54. The minimum absolute atomic E-state index is 0.0374. The molecule has 144 valence electrons. The Morgan fingerprint density at radius 2 is 1.93 bits per heavy atom. The first-order chi connectivity index (χ1) is 13.0. The zero-order valence-electron chi connectivity index (χ0n) is 15.7. The molecular formula is C19H24FN5O2. The van der Waals surface area contributed by atoms with Crippen molar-refractivity contribution in [2.45, 2.75) is 13.5 Å². The van der Waals surface area contributed by atoms with Crippen LogP contribution in [0.4, 0.5) is 4.39 Å². The van der Waals surface area contributed by atoms with Gasteiger partial charge in [-0.3, -0.25) is 4.79 Å². The van der Waals surface area contributed by atoms with E-state index in [9.17, 15) is 9.18 Å². The fourth-order valence-corrected chi connectivity index (χ4v) is 2.02. The van der Waals surface area contributed by atoms with Crippen molar-refractivity contribution in [3.8, 4) is 11.6 Å². The van der Waals surface area contributed by atoms with Crippen LogP contribution < -0.4 is 15.4 Å². The van der Waals surface area contributed by atoms with Gasteiger partial charge in [0.15, 0.2) is 5.96 Å². The summed E-state index contributed by atoms with van der Waals surface area (Å²) in [5.41, 5.74) is 0.887. The van der Waals surface area contributed by atoms with Gasteiger partial charge in [0.05, 0.1) is 13.1 Å². The van der Waals surface area contributed by atoms with E-state index in [-0.39, 0.29) is 18.3 Å². The van der Waals surface area contributed by atoms with E-state index in [0.717, 1.165) is 5.56 Å². The van der Waals surface area contributed by atoms with Gasteiger partial charge in [-0.25, -0.2) is 14.4 Å². The van der Waals surface area contributed by atoms with Gasteiger partial charge in [-0.05, 0) is 36.8 Å². The number of pyridine rings is 1. The smallest absolute Gasteiger partial charge is 0.241 e. The molecule has 0 saturated carbocycles. The van der Waals surface area contributed by atoms with Crippen molar-refractivity contribution in [1.29, 1.82) is 0 Å².